The van der Waals surface area contributed by atoms with Crippen molar-refractivity contribution in [3.05, 3.63) is 0 Å². The molecule has 0 aromatic rings. The van der Waals surface area contributed by atoms with Crippen molar-refractivity contribution in [2.24, 2.45) is 0 Å². The van der Waals surface area contributed by atoms with Gasteiger partial charge in [0.25, 0.3) is 0 Å². The van der Waals surface area contributed by atoms with Gasteiger partial charge in [-0.3, -0.25) is 0 Å². The fourth-order valence-corrected chi connectivity index (χ4v) is 2.53. The van der Waals surface area contributed by atoms with Crippen LogP contribution in [0.5, 0.6) is 0 Å². The summed E-state index contributed by atoms with van der Waals surface area (Å²) in [4.78, 5) is 0. The molecule has 1 saturated heterocycles. The van der Waals surface area contributed by atoms with Crippen LogP contribution < -0.4 is 0 Å². The normalized spacial score (nSPS) is 29.6. The number of hydrogen-bond acceptors (Lipinski definition) is 3. The van der Waals surface area contributed by atoms with E-state index in [1.165, 1.54) is 0 Å². The third-order valence-electron chi connectivity index (χ3n) is 3.25. The van der Waals surface area contributed by atoms with Gasteiger partial charge in [0.2, 0.25) is 0 Å². The molecule has 1 heterocycles. The quantitative estimate of drug-likeness (QED) is 0.718. The summed E-state index contributed by atoms with van der Waals surface area (Å²) in [5.41, 5.74) is 0. The van der Waals surface area contributed by atoms with E-state index in [4.69, 9.17) is 9.16 Å². The van der Waals surface area contributed by atoms with Crippen LogP contribution in [0.15, 0.2) is 0 Å². The van der Waals surface area contributed by atoms with E-state index in [1.54, 1.807) is 0 Å². The van der Waals surface area contributed by atoms with Gasteiger partial charge < -0.3 is 14.3 Å². The van der Waals surface area contributed by atoms with E-state index in [-0.39, 0.29) is 11.1 Å². The fraction of sp³-hybridized carbons (Fsp3) is 1.00. The van der Waals surface area contributed by atoms with E-state index in [2.05, 4.69) is 33.9 Å². The van der Waals surface area contributed by atoms with Crippen molar-refractivity contribution >= 4 is 8.32 Å². The van der Waals surface area contributed by atoms with Crippen molar-refractivity contribution in [3.63, 3.8) is 0 Å². The van der Waals surface area contributed by atoms with Crippen molar-refractivity contribution in [1.82, 2.24) is 0 Å². The highest BCUT2D eigenvalue weighted by molar-refractivity contribution is 6.74. The lowest BCUT2D eigenvalue weighted by atomic mass is 10.2. The lowest BCUT2D eigenvalue weighted by molar-refractivity contribution is 0.0642. The van der Waals surface area contributed by atoms with Crippen molar-refractivity contribution in [3.8, 4) is 0 Å². The Labute approximate surface area is 87.5 Å². The third-order valence-corrected chi connectivity index (χ3v) is 7.76. The molecule has 2 atom stereocenters. The van der Waals surface area contributed by atoms with Gasteiger partial charge >= 0.3 is 0 Å². The maximum absolute atomic E-state index is 9.59. The zero-order valence-corrected chi connectivity index (χ0v) is 10.8. The monoisotopic (exact) mass is 218 g/mol. The van der Waals surface area contributed by atoms with Gasteiger partial charge in [-0.15, -0.1) is 0 Å². The van der Waals surface area contributed by atoms with Crippen LogP contribution in [0.2, 0.25) is 18.1 Å². The second-order valence-electron chi connectivity index (χ2n) is 5.52. The molecule has 4 heteroatoms. The van der Waals surface area contributed by atoms with Gasteiger partial charge in [0.05, 0.1) is 19.3 Å². The lowest BCUT2D eigenvalue weighted by Gasteiger charge is -2.38. The van der Waals surface area contributed by atoms with Crippen LogP contribution in [0.1, 0.15) is 20.8 Å². The molecule has 84 valence electrons. The van der Waals surface area contributed by atoms with Crippen LogP contribution in [0.25, 0.3) is 0 Å². The summed E-state index contributed by atoms with van der Waals surface area (Å²) in [7, 11) is -1.75. The van der Waals surface area contributed by atoms with Gasteiger partial charge in [0.15, 0.2) is 8.32 Å². The number of rotatable bonds is 2. The summed E-state index contributed by atoms with van der Waals surface area (Å²) in [5, 5.41) is 9.78. The molecule has 1 aliphatic heterocycles. The van der Waals surface area contributed by atoms with Crippen molar-refractivity contribution < 1.29 is 14.3 Å². The first-order valence-corrected chi connectivity index (χ1v) is 8.08. The molecule has 14 heavy (non-hydrogen) atoms. The molecule has 1 aliphatic rings. The molecule has 1 rings (SSSR count). The summed E-state index contributed by atoms with van der Waals surface area (Å²) in [6.07, 6.45) is -0.556. The van der Waals surface area contributed by atoms with Crippen LogP contribution in [0.4, 0.5) is 0 Å². The van der Waals surface area contributed by atoms with Crippen LogP contribution >= 0.6 is 0 Å². The second kappa shape index (κ2) is 3.93. The molecular formula is C10H22O3Si. The predicted molar refractivity (Wildman–Crippen MR) is 58.9 cm³/mol. The summed E-state index contributed by atoms with van der Waals surface area (Å²) < 4.78 is 11.2. The first kappa shape index (κ1) is 12.2. The van der Waals surface area contributed by atoms with Gasteiger partial charge in [-0.2, -0.15) is 0 Å². The number of hydrogen-bond donors (Lipinski definition) is 1. The van der Waals surface area contributed by atoms with Crippen molar-refractivity contribution in [2.75, 3.05) is 13.2 Å². The Morgan fingerprint density at radius 3 is 2.21 bits per heavy atom. The molecule has 0 radical (unpaired) electrons. The van der Waals surface area contributed by atoms with E-state index in [1.807, 2.05) is 0 Å². The Bertz CT molecular complexity index is 198. The zero-order valence-electron chi connectivity index (χ0n) is 9.83. The Morgan fingerprint density at radius 2 is 1.86 bits per heavy atom. The standard InChI is InChI=1S/C10H22O3Si/c1-10(2,3)14(4,5)13-9-7-12-6-8(9)11/h8-9,11H,6-7H2,1-5H3/t8-,9+/m1/s1. The zero-order chi connectivity index (χ0) is 11.0. The second-order valence-corrected chi connectivity index (χ2v) is 10.3. The topological polar surface area (TPSA) is 38.7 Å². The molecule has 0 spiro atoms. The Kier molecular flexibility index (Phi) is 3.41. The molecule has 0 bridgehead atoms. The van der Waals surface area contributed by atoms with Crippen LogP contribution in [0, 0.1) is 0 Å². The molecule has 3 nitrogen and oxygen atoms in total. The Hall–Kier alpha value is 0.0969. The number of aliphatic hydroxyl groups excluding tert-OH is 1. The van der Waals surface area contributed by atoms with Crippen molar-refractivity contribution in [1.29, 1.82) is 0 Å². The van der Waals surface area contributed by atoms with Gasteiger partial charge in [-0.05, 0) is 18.1 Å². The molecule has 0 aromatic carbocycles. The molecule has 1 N–H and O–H groups in total. The average Bonchev–Trinajstić information content (AvgIpc) is 2.33. The largest absolute Gasteiger partial charge is 0.409 e. The molecule has 0 aliphatic carbocycles. The van der Waals surface area contributed by atoms with Gasteiger partial charge in [0.1, 0.15) is 6.10 Å². The summed E-state index contributed by atoms with van der Waals surface area (Å²) in [6, 6.07) is 0. The molecule has 1 fully saturated rings. The molecule has 0 amide bonds. The van der Waals surface area contributed by atoms with E-state index >= 15 is 0 Å². The fourth-order valence-electron chi connectivity index (χ4n) is 1.19. The molecule has 0 saturated carbocycles. The number of aliphatic hydroxyl groups is 1. The number of ether oxygens (including phenoxy) is 1. The van der Waals surface area contributed by atoms with Gasteiger partial charge in [-0.25, -0.2) is 0 Å². The highest BCUT2D eigenvalue weighted by Crippen LogP contribution is 2.38. The van der Waals surface area contributed by atoms with E-state index in [0.717, 1.165) is 0 Å². The van der Waals surface area contributed by atoms with Gasteiger partial charge in [-0.1, -0.05) is 20.8 Å². The van der Waals surface area contributed by atoms with Gasteiger partial charge in [0, 0.05) is 0 Å². The predicted octanol–water partition coefficient (Wildman–Crippen LogP) is 1.77. The minimum atomic E-state index is -1.75. The smallest absolute Gasteiger partial charge is 0.192 e. The SMILES string of the molecule is CC(C)(C)[Si](C)(C)O[C@H]1COC[C@H]1O. The first-order chi connectivity index (χ1) is 6.24. The van der Waals surface area contributed by atoms with Crippen LogP contribution in [0.3, 0.4) is 0 Å². The molecule has 0 aromatic heterocycles. The highest BCUT2D eigenvalue weighted by atomic mass is 28.4. The molecular weight excluding hydrogens is 196 g/mol. The Morgan fingerprint density at radius 1 is 1.29 bits per heavy atom. The third kappa shape index (κ3) is 2.57. The Balaban J connectivity index is 2.58. The molecule has 0 unspecified atom stereocenters. The minimum absolute atomic E-state index is 0.115. The highest BCUT2D eigenvalue weighted by Gasteiger charge is 2.41. The maximum Gasteiger partial charge on any atom is 0.192 e. The van der Waals surface area contributed by atoms with Crippen molar-refractivity contribution in [2.45, 2.75) is 51.1 Å². The lowest BCUT2D eigenvalue weighted by Crippen LogP contribution is -2.46. The minimum Gasteiger partial charge on any atom is -0.409 e. The average molecular weight is 218 g/mol. The maximum atomic E-state index is 9.59. The van der Waals surface area contributed by atoms with Crippen LogP contribution in [-0.2, 0) is 9.16 Å². The van der Waals surface area contributed by atoms with E-state index in [9.17, 15) is 5.11 Å². The first-order valence-electron chi connectivity index (χ1n) is 5.18. The van der Waals surface area contributed by atoms with E-state index < -0.39 is 14.4 Å². The summed E-state index contributed by atoms with van der Waals surface area (Å²) in [5.74, 6) is 0. The summed E-state index contributed by atoms with van der Waals surface area (Å²) in [6.45, 7) is 11.9. The van der Waals surface area contributed by atoms with Crippen LogP contribution in [-0.4, -0.2) is 38.8 Å². The van der Waals surface area contributed by atoms with E-state index in [0.29, 0.717) is 13.2 Å². The summed E-state index contributed by atoms with van der Waals surface area (Å²) >= 11 is 0.